The van der Waals surface area contributed by atoms with Crippen LogP contribution in [0.4, 0.5) is 0 Å². The monoisotopic (exact) mass is 323 g/mol. The van der Waals surface area contributed by atoms with Crippen molar-refractivity contribution in [1.82, 2.24) is 14.4 Å². The molecule has 2 aromatic rings. The third-order valence-corrected chi connectivity index (χ3v) is 4.80. The van der Waals surface area contributed by atoms with Crippen LogP contribution in [0.25, 0.3) is 5.69 Å². The molecule has 2 aliphatic rings. The summed E-state index contributed by atoms with van der Waals surface area (Å²) < 4.78 is 1.99. The number of piperazine rings is 1. The zero-order chi connectivity index (χ0) is 16.5. The molecule has 5 heteroatoms. The second kappa shape index (κ2) is 6.15. The minimum absolute atomic E-state index is 0.0440. The van der Waals surface area contributed by atoms with Gasteiger partial charge in [0.2, 0.25) is 5.91 Å². The molecule has 1 saturated heterocycles. The highest BCUT2D eigenvalue weighted by Gasteiger charge is 2.35. The van der Waals surface area contributed by atoms with Crippen LogP contribution in [0.15, 0.2) is 48.8 Å². The summed E-state index contributed by atoms with van der Waals surface area (Å²) in [5.74, 6) is 0.574. The summed E-state index contributed by atoms with van der Waals surface area (Å²) in [6.07, 6.45) is 5.99. The minimum Gasteiger partial charge on any atom is -0.339 e. The van der Waals surface area contributed by atoms with E-state index in [2.05, 4.69) is 0 Å². The van der Waals surface area contributed by atoms with E-state index in [1.807, 2.05) is 63.2 Å². The lowest BCUT2D eigenvalue weighted by molar-refractivity contribution is -0.134. The molecule has 1 saturated carbocycles. The Labute approximate surface area is 141 Å². The fourth-order valence-electron chi connectivity index (χ4n) is 3.21. The van der Waals surface area contributed by atoms with Crippen molar-refractivity contribution in [1.29, 1.82) is 0 Å². The highest BCUT2D eigenvalue weighted by molar-refractivity contribution is 5.95. The van der Waals surface area contributed by atoms with E-state index in [9.17, 15) is 9.59 Å². The topological polar surface area (TPSA) is 45.6 Å². The number of rotatable bonds is 3. The van der Waals surface area contributed by atoms with Crippen LogP contribution in [-0.2, 0) is 4.79 Å². The highest BCUT2D eigenvalue weighted by Crippen LogP contribution is 2.31. The van der Waals surface area contributed by atoms with Crippen LogP contribution in [0, 0.1) is 5.92 Å². The van der Waals surface area contributed by atoms with Crippen LogP contribution < -0.4 is 0 Å². The molecule has 1 aliphatic heterocycles. The van der Waals surface area contributed by atoms with Crippen LogP contribution in [-0.4, -0.2) is 52.4 Å². The summed E-state index contributed by atoms with van der Waals surface area (Å²) in [4.78, 5) is 28.6. The maximum atomic E-state index is 12.8. The second-order valence-corrected chi connectivity index (χ2v) is 6.53. The molecule has 0 unspecified atom stereocenters. The molecular weight excluding hydrogens is 302 g/mol. The molecule has 2 amide bonds. The van der Waals surface area contributed by atoms with Gasteiger partial charge >= 0.3 is 0 Å². The second-order valence-electron chi connectivity index (χ2n) is 6.53. The van der Waals surface area contributed by atoms with E-state index in [4.69, 9.17) is 0 Å². The molecule has 5 nitrogen and oxygen atoms in total. The van der Waals surface area contributed by atoms with E-state index >= 15 is 0 Å². The molecule has 1 aromatic heterocycles. The zero-order valence-electron chi connectivity index (χ0n) is 13.6. The summed E-state index contributed by atoms with van der Waals surface area (Å²) in [5, 5.41) is 0. The smallest absolute Gasteiger partial charge is 0.254 e. The fraction of sp³-hybridized carbons (Fsp3) is 0.368. The predicted octanol–water partition coefficient (Wildman–Crippen LogP) is 2.17. The van der Waals surface area contributed by atoms with Crippen LogP contribution in [0.2, 0.25) is 0 Å². The van der Waals surface area contributed by atoms with Gasteiger partial charge in [0.15, 0.2) is 0 Å². The number of carbonyl (C=O) groups excluding carboxylic acids is 2. The molecule has 0 radical (unpaired) electrons. The van der Waals surface area contributed by atoms with Gasteiger partial charge in [0.1, 0.15) is 0 Å². The van der Waals surface area contributed by atoms with Gasteiger partial charge in [-0.15, -0.1) is 0 Å². The van der Waals surface area contributed by atoms with Crippen molar-refractivity contribution in [2.45, 2.75) is 12.8 Å². The van der Waals surface area contributed by atoms with Crippen LogP contribution in [0.5, 0.6) is 0 Å². The average molecular weight is 323 g/mol. The summed E-state index contributed by atoms with van der Waals surface area (Å²) in [6.45, 7) is 2.53. The van der Waals surface area contributed by atoms with Crippen molar-refractivity contribution in [3.63, 3.8) is 0 Å². The van der Waals surface area contributed by atoms with Crippen LogP contribution >= 0.6 is 0 Å². The number of hydrogen-bond donors (Lipinski definition) is 0. The van der Waals surface area contributed by atoms with Gasteiger partial charge in [0, 0.05) is 55.7 Å². The van der Waals surface area contributed by atoms with Crippen LogP contribution in [0.1, 0.15) is 23.2 Å². The first-order valence-electron chi connectivity index (χ1n) is 8.54. The van der Waals surface area contributed by atoms with Gasteiger partial charge in [-0.3, -0.25) is 9.59 Å². The molecular formula is C19H21N3O2. The Kier molecular flexibility index (Phi) is 3.84. The Morgan fingerprint density at radius 1 is 0.875 bits per heavy atom. The number of nitrogens with zero attached hydrogens (tertiary/aromatic N) is 3. The average Bonchev–Trinajstić information content (AvgIpc) is 3.34. The molecule has 0 N–H and O–H groups in total. The SMILES string of the molecule is O=C(c1cccc(-n2cccc2)c1)N1CCN(C(=O)C2CC2)CC1. The number of hydrogen-bond acceptors (Lipinski definition) is 2. The van der Waals surface area contributed by atoms with Crippen LogP contribution in [0.3, 0.4) is 0 Å². The Morgan fingerprint density at radius 3 is 2.21 bits per heavy atom. The fourth-order valence-corrected chi connectivity index (χ4v) is 3.21. The third kappa shape index (κ3) is 2.94. The largest absolute Gasteiger partial charge is 0.339 e. The van der Waals surface area contributed by atoms with E-state index in [0.29, 0.717) is 31.7 Å². The molecule has 0 bridgehead atoms. The van der Waals surface area contributed by atoms with E-state index in [1.165, 1.54) is 0 Å². The highest BCUT2D eigenvalue weighted by atomic mass is 16.2. The first kappa shape index (κ1) is 15.0. The Hall–Kier alpha value is -2.56. The van der Waals surface area contributed by atoms with Crippen molar-refractivity contribution < 1.29 is 9.59 Å². The number of benzene rings is 1. The van der Waals surface area contributed by atoms with Crippen molar-refractivity contribution >= 4 is 11.8 Å². The van der Waals surface area contributed by atoms with Crippen molar-refractivity contribution in [2.75, 3.05) is 26.2 Å². The van der Waals surface area contributed by atoms with E-state index in [0.717, 1.165) is 18.5 Å². The maximum Gasteiger partial charge on any atom is 0.254 e. The molecule has 124 valence electrons. The Morgan fingerprint density at radius 2 is 1.54 bits per heavy atom. The van der Waals surface area contributed by atoms with Gasteiger partial charge in [0.05, 0.1) is 0 Å². The van der Waals surface area contributed by atoms with Crippen molar-refractivity contribution in [3.8, 4) is 5.69 Å². The summed E-state index contributed by atoms with van der Waals surface area (Å²) in [5.41, 5.74) is 1.68. The molecule has 1 aliphatic carbocycles. The molecule has 2 heterocycles. The lowest BCUT2D eigenvalue weighted by atomic mass is 10.1. The summed E-state index contributed by atoms with van der Waals surface area (Å²) >= 11 is 0. The van der Waals surface area contributed by atoms with Crippen molar-refractivity contribution in [2.24, 2.45) is 5.92 Å². The lowest BCUT2D eigenvalue weighted by Gasteiger charge is -2.35. The quantitative estimate of drug-likeness (QED) is 0.869. The molecule has 2 fully saturated rings. The maximum absolute atomic E-state index is 12.8. The van der Waals surface area contributed by atoms with E-state index in [1.54, 1.807) is 0 Å². The number of carbonyl (C=O) groups is 2. The molecule has 4 rings (SSSR count). The summed E-state index contributed by atoms with van der Waals surface area (Å²) in [7, 11) is 0. The molecule has 1 aromatic carbocycles. The molecule has 24 heavy (non-hydrogen) atoms. The zero-order valence-corrected chi connectivity index (χ0v) is 13.6. The van der Waals surface area contributed by atoms with Gasteiger partial charge in [0.25, 0.3) is 5.91 Å². The van der Waals surface area contributed by atoms with Gasteiger partial charge in [-0.25, -0.2) is 0 Å². The predicted molar refractivity (Wildman–Crippen MR) is 91.0 cm³/mol. The Balaban J connectivity index is 1.43. The van der Waals surface area contributed by atoms with Gasteiger partial charge in [-0.1, -0.05) is 6.07 Å². The van der Waals surface area contributed by atoms with Gasteiger partial charge in [-0.2, -0.15) is 0 Å². The first-order valence-corrected chi connectivity index (χ1v) is 8.54. The summed E-state index contributed by atoms with van der Waals surface area (Å²) in [6, 6.07) is 11.6. The lowest BCUT2D eigenvalue weighted by Crippen LogP contribution is -2.51. The van der Waals surface area contributed by atoms with Gasteiger partial charge in [-0.05, 0) is 43.2 Å². The first-order chi connectivity index (χ1) is 11.7. The number of amides is 2. The van der Waals surface area contributed by atoms with Gasteiger partial charge < -0.3 is 14.4 Å². The molecule has 0 spiro atoms. The third-order valence-electron chi connectivity index (χ3n) is 4.80. The Bertz CT molecular complexity index is 742. The van der Waals surface area contributed by atoms with E-state index in [-0.39, 0.29) is 17.7 Å². The van der Waals surface area contributed by atoms with E-state index < -0.39 is 0 Å². The minimum atomic E-state index is 0.0440. The molecule has 0 atom stereocenters. The van der Waals surface area contributed by atoms with Crippen molar-refractivity contribution in [3.05, 3.63) is 54.4 Å². The number of aromatic nitrogens is 1. The normalized spacial score (nSPS) is 17.8. The standard InChI is InChI=1S/C19H21N3O2/c23-18(15-6-7-15)21-10-12-22(13-11-21)19(24)16-4-3-5-17(14-16)20-8-1-2-9-20/h1-5,8-9,14-15H,6-7,10-13H2.